The number of hydrogen-bond donors (Lipinski definition) is 1. The van der Waals surface area contributed by atoms with Crippen LogP contribution in [-0.4, -0.2) is 4.98 Å². The molecule has 0 aliphatic carbocycles. The number of aromatic nitrogens is 1. The quantitative estimate of drug-likeness (QED) is 0.698. The predicted molar refractivity (Wildman–Crippen MR) is 54.0 cm³/mol. The highest BCUT2D eigenvalue weighted by atomic mass is 19.1. The van der Waals surface area contributed by atoms with Gasteiger partial charge in [-0.1, -0.05) is 30.3 Å². The van der Waals surface area contributed by atoms with Crippen molar-refractivity contribution in [3.63, 3.8) is 0 Å². The number of halogens is 1. The fourth-order valence-corrected chi connectivity index (χ4v) is 1.25. The van der Waals surface area contributed by atoms with Gasteiger partial charge >= 0.3 is 0 Å². The third-order valence-corrected chi connectivity index (χ3v) is 1.97. The molecule has 1 heterocycles. The van der Waals surface area contributed by atoms with Crippen molar-refractivity contribution in [2.24, 2.45) is 0 Å². The number of rotatable bonds is 1. The van der Waals surface area contributed by atoms with Crippen molar-refractivity contribution >= 4 is 5.69 Å². The van der Waals surface area contributed by atoms with Gasteiger partial charge in [-0.25, -0.2) is 4.98 Å². The molecule has 0 amide bonds. The molecule has 1 aromatic carbocycles. The molecule has 1 aromatic heterocycles. The lowest BCUT2D eigenvalue weighted by Crippen LogP contribution is -1.94. The van der Waals surface area contributed by atoms with Crippen LogP contribution in [0.5, 0.6) is 0 Å². The monoisotopic (exact) mass is 188 g/mol. The Morgan fingerprint density at radius 1 is 1.07 bits per heavy atom. The smallest absolute Gasteiger partial charge is 0.236 e. The molecule has 70 valence electrons. The van der Waals surface area contributed by atoms with Crippen LogP contribution >= 0.6 is 0 Å². The second-order valence-corrected chi connectivity index (χ2v) is 2.97. The molecular weight excluding hydrogens is 179 g/mol. The lowest BCUT2D eigenvalue weighted by atomic mass is 10.1. The first-order chi connectivity index (χ1) is 6.77. The summed E-state index contributed by atoms with van der Waals surface area (Å²) in [5.41, 5.74) is 7.30. The average molecular weight is 188 g/mol. The standard InChI is InChI=1S/C11H9FN2/c12-11-10(13)6-9(7-14-11)8-4-2-1-3-5-8/h1-7H,13H2. The van der Waals surface area contributed by atoms with Crippen LogP contribution in [0.1, 0.15) is 0 Å². The summed E-state index contributed by atoms with van der Waals surface area (Å²) < 4.78 is 12.8. The first-order valence-electron chi connectivity index (χ1n) is 4.24. The van der Waals surface area contributed by atoms with Gasteiger partial charge in [-0.15, -0.1) is 0 Å². The molecule has 0 unspecified atom stereocenters. The molecule has 0 aliphatic heterocycles. The van der Waals surface area contributed by atoms with Crippen molar-refractivity contribution in [1.29, 1.82) is 0 Å². The van der Waals surface area contributed by atoms with Gasteiger partial charge in [0, 0.05) is 11.8 Å². The molecule has 0 saturated heterocycles. The zero-order chi connectivity index (χ0) is 9.97. The van der Waals surface area contributed by atoms with Gasteiger partial charge in [0.15, 0.2) is 0 Å². The van der Waals surface area contributed by atoms with Crippen molar-refractivity contribution in [2.75, 3.05) is 5.73 Å². The van der Waals surface area contributed by atoms with Crippen LogP contribution in [0.15, 0.2) is 42.6 Å². The lowest BCUT2D eigenvalue weighted by Gasteiger charge is -2.02. The minimum absolute atomic E-state index is 0.0753. The van der Waals surface area contributed by atoms with Crippen LogP contribution in [0.2, 0.25) is 0 Å². The topological polar surface area (TPSA) is 38.9 Å². The summed E-state index contributed by atoms with van der Waals surface area (Å²) in [4.78, 5) is 3.56. The van der Waals surface area contributed by atoms with Crippen molar-refractivity contribution in [2.45, 2.75) is 0 Å². The van der Waals surface area contributed by atoms with Gasteiger partial charge in [0.25, 0.3) is 0 Å². The van der Waals surface area contributed by atoms with Gasteiger partial charge in [0.05, 0.1) is 5.69 Å². The van der Waals surface area contributed by atoms with E-state index in [0.29, 0.717) is 0 Å². The Hall–Kier alpha value is -1.90. The van der Waals surface area contributed by atoms with Gasteiger partial charge in [-0.2, -0.15) is 4.39 Å². The third-order valence-electron chi connectivity index (χ3n) is 1.97. The zero-order valence-electron chi connectivity index (χ0n) is 7.44. The van der Waals surface area contributed by atoms with Crippen LogP contribution in [0.3, 0.4) is 0 Å². The number of hydrogen-bond acceptors (Lipinski definition) is 2. The van der Waals surface area contributed by atoms with E-state index in [1.54, 1.807) is 6.07 Å². The number of nitrogen functional groups attached to an aromatic ring is 1. The summed E-state index contributed by atoms with van der Waals surface area (Å²) >= 11 is 0. The van der Waals surface area contributed by atoms with E-state index in [2.05, 4.69) is 4.98 Å². The highest BCUT2D eigenvalue weighted by Gasteiger charge is 2.02. The molecule has 2 N–H and O–H groups in total. The first-order valence-corrected chi connectivity index (χ1v) is 4.24. The van der Waals surface area contributed by atoms with Crippen molar-refractivity contribution in [3.05, 3.63) is 48.5 Å². The van der Waals surface area contributed by atoms with E-state index < -0.39 is 5.95 Å². The molecule has 2 aromatic rings. The summed E-state index contributed by atoms with van der Waals surface area (Å²) in [7, 11) is 0. The Labute approximate surface area is 81.2 Å². The van der Waals surface area contributed by atoms with E-state index in [4.69, 9.17) is 5.73 Å². The van der Waals surface area contributed by atoms with Crippen LogP contribution in [0, 0.1) is 5.95 Å². The largest absolute Gasteiger partial charge is 0.395 e. The number of nitrogens with zero attached hydrogens (tertiary/aromatic N) is 1. The Morgan fingerprint density at radius 3 is 2.43 bits per heavy atom. The van der Waals surface area contributed by atoms with E-state index in [-0.39, 0.29) is 5.69 Å². The van der Waals surface area contributed by atoms with E-state index in [1.165, 1.54) is 6.20 Å². The lowest BCUT2D eigenvalue weighted by molar-refractivity contribution is 0.589. The highest BCUT2D eigenvalue weighted by molar-refractivity contribution is 5.65. The normalized spacial score (nSPS) is 10.1. The minimum atomic E-state index is -0.621. The summed E-state index contributed by atoms with van der Waals surface area (Å²) in [6.45, 7) is 0. The summed E-state index contributed by atoms with van der Waals surface area (Å²) in [5.74, 6) is -0.621. The second-order valence-electron chi connectivity index (χ2n) is 2.97. The predicted octanol–water partition coefficient (Wildman–Crippen LogP) is 2.47. The molecule has 0 fully saturated rings. The second kappa shape index (κ2) is 3.46. The molecule has 14 heavy (non-hydrogen) atoms. The number of pyridine rings is 1. The number of benzene rings is 1. The first kappa shape index (κ1) is 8.69. The Morgan fingerprint density at radius 2 is 1.79 bits per heavy atom. The van der Waals surface area contributed by atoms with Gasteiger partial charge in [-0.05, 0) is 11.6 Å². The van der Waals surface area contributed by atoms with Gasteiger partial charge in [0.2, 0.25) is 5.95 Å². The van der Waals surface area contributed by atoms with Gasteiger partial charge in [-0.3, -0.25) is 0 Å². The van der Waals surface area contributed by atoms with Gasteiger partial charge in [0.1, 0.15) is 0 Å². The maximum absolute atomic E-state index is 12.8. The maximum Gasteiger partial charge on any atom is 0.236 e. The van der Waals surface area contributed by atoms with E-state index >= 15 is 0 Å². The average Bonchev–Trinajstić information content (AvgIpc) is 2.23. The van der Waals surface area contributed by atoms with Crippen LogP contribution in [-0.2, 0) is 0 Å². The maximum atomic E-state index is 12.8. The van der Waals surface area contributed by atoms with E-state index in [0.717, 1.165) is 11.1 Å². The Balaban J connectivity index is 2.48. The molecule has 0 atom stereocenters. The summed E-state index contributed by atoms with van der Waals surface area (Å²) in [6, 6.07) is 11.2. The Bertz CT molecular complexity index is 440. The number of nitrogens with two attached hydrogens (primary N) is 1. The SMILES string of the molecule is Nc1cc(-c2ccccc2)cnc1F. The van der Waals surface area contributed by atoms with Crippen LogP contribution in [0.4, 0.5) is 10.1 Å². The molecule has 2 nitrogen and oxygen atoms in total. The summed E-state index contributed by atoms with van der Waals surface area (Å²) in [6.07, 6.45) is 1.47. The molecule has 2 rings (SSSR count). The molecule has 0 saturated carbocycles. The molecular formula is C11H9FN2. The molecule has 0 spiro atoms. The van der Waals surface area contributed by atoms with Crippen molar-refractivity contribution in [1.82, 2.24) is 4.98 Å². The van der Waals surface area contributed by atoms with Crippen LogP contribution in [0.25, 0.3) is 11.1 Å². The molecule has 0 aliphatic rings. The van der Waals surface area contributed by atoms with E-state index in [1.807, 2.05) is 30.3 Å². The fraction of sp³-hybridized carbons (Fsp3) is 0. The Kier molecular flexibility index (Phi) is 2.14. The van der Waals surface area contributed by atoms with Crippen LogP contribution < -0.4 is 5.73 Å². The number of anilines is 1. The summed E-state index contributed by atoms with van der Waals surface area (Å²) in [5, 5.41) is 0. The molecule has 3 heteroatoms. The van der Waals surface area contributed by atoms with Gasteiger partial charge < -0.3 is 5.73 Å². The zero-order valence-corrected chi connectivity index (χ0v) is 7.44. The van der Waals surface area contributed by atoms with Crippen molar-refractivity contribution < 1.29 is 4.39 Å². The fourth-order valence-electron chi connectivity index (χ4n) is 1.25. The van der Waals surface area contributed by atoms with Crippen molar-refractivity contribution in [3.8, 4) is 11.1 Å². The molecule has 0 bridgehead atoms. The van der Waals surface area contributed by atoms with E-state index in [9.17, 15) is 4.39 Å². The highest BCUT2D eigenvalue weighted by Crippen LogP contribution is 2.20. The minimum Gasteiger partial charge on any atom is -0.395 e. The molecule has 0 radical (unpaired) electrons. The third kappa shape index (κ3) is 1.57.